The maximum atomic E-state index is 6.30. The van der Waals surface area contributed by atoms with Gasteiger partial charge in [0, 0.05) is 11.0 Å². The summed E-state index contributed by atoms with van der Waals surface area (Å²) in [7, 11) is 0. The number of benzene rings is 2. The third-order valence-corrected chi connectivity index (χ3v) is 5.17. The molecule has 1 saturated carbocycles. The number of hydrogen-bond acceptors (Lipinski definition) is 1. The molecule has 0 amide bonds. The van der Waals surface area contributed by atoms with Gasteiger partial charge < -0.3 is 5.73 Å². The topological polar surface area (TPSA) is 38.4 Å². The predicted octanol–water partition coefficient (Wildman–Crippen LogP) is 4.60. The van der Waals surface area contributed by atoms with Gasteiger partial charge >= 0.3 is 0 Å². The van der Waals surface area contributed by atoms with Crippen LogP contribution in [0.4, 0.5) is 0 Å². The van der Waals surface area contributed by atoms with E-state index in [1.165, 1.54) is 43.2 Å². The quantitative estimate of drug-likeness (QED) is 0.650. The molecule has 2 heteroatoms. The van der Waals surface area contributed by atoms with Crippen molar-refractivity contribution in [3.63, 3.8) is 0 Å². The Balaban J connectivity index is 1.88. The fraction of sp³-hybridized carbons (Fsp3) is 0.381. The molecule has 0 heterocycles. The van der Waals surface area contributed by atoms with Gasteiger partial charge in [0.05, 0.1) is 6.54 Å². The molecule has 2 nitrogen and oxygen atoms in total. The van der Waals surface area contributed by atoms with E-state index < -0.39 is 0 Å². The number of nitrogens with two attached hydrogens (primary N) is 1. The second kappa shape index (κ2) is 6.99. The molecule has 2 aromatic rings. The van der Waals surface area contributed by atoms with Gasteiger partial charge in [-0.05, 0) is 30.9 Å². The van der Waals surface area contributed by atoms with Crippen molar-refractivity contribution in [2.45, 2.75) is 44.4 Å². The summed E-state index contributed by atoms with van der Waals surface area (Å²) in [6.07, 6.45) is 6.33. The summed E-state index contributed by atoms with van der Waals surface area (Å²) in [5.41, 5.74) is 10.1. The number of aryl methyl sites for hydroxylation is 1. The van der Waals surface area contributed by atoms with Gasteiger partial charge in [0.1, 0.15) is 5.84 Å². The first-order valence-corrected chi connectivity index (χ1v) is 8.63. The number of amidine groups is 1. The van der Waals surface area contributed by atoms with Crippen molar-refractivity contribution in [3.8, 4) is 0 Å². The molecule has 120 valence electrons. The Hall–Kier alpha value is -2.09. The van der Waals surface area contributed by atoms with Crippen LogP contribution in [0.3, 0.4) is 0 Å². The molecular weight excluding hydrogens is 280 g/mol. The molecule has 0 aromatic heterocycles. The fourth-order valence-corrected chi connectivity index (χ4v) is 3.74. The molecule has 0 aliphatic heterocycles. The van der Waals surface area contributed by atoms with Crippen LogP contribution in [0.5, 0.6) is 0 Å². The molecule has 0 saturated heterocycles. The molecule has 0 radical (unpaired) electrons. The van der Waals surface area contributed by atoms with Crippen LogP contribution in [0.15, 0.2) is 59.6 Å². The molecule has 1 aliphatic carbocycles. The van der Waals surface area contributed by atoms with Crippen LogP contribution in [0.2, 0.25) is 0 Å². The Kier molecular flexibility index (Phi) is 4.80. The zero-order chi connectivity index (χ0) is 16.1. The average molecular weight is 306 g/mol. The largest absolute Gasteiger partial charge is 0.383 e. The maximum Gasteiger partial charge on any atom is 0.125 e. The van der Waals surface area contributed by atoms with Crippen LogP contribution >= 0.6 is 0 Å². The molecule has 3 rings (SSSR count). The van der Waals surface area contributed by atoms with E-state index in [1.807, 2.05) is 12.1 Å². The van der Waals surface area contributed by atoms with Crippen LogP contribution < -0.4 is 5.73 Å². The maximum absolute atomic E-state index is 6.30. The Morgan fingerprint density at radius 2 is 1.61 bits per heavy atom. The average Bonchev–Trinajstić information content (AvgIpc) is 2.62. The number of rotatable bonds is 4. The predicted molar refractivity (Wildman–Crippen MR) is 98.0 cm³/mol. The lowest BCUT2D eigenvalue weighted by Crippen LogP contribution is -2.33. The SMILES string of the molecule is Cc1ccccc1C(N)=NCC1(c2ccccc2)CCCCC1. The summed E-state index contributed by atoms with van der Waals surface area (Å²) in [6.45, 7) is 2.88. The molecule has 23 heavy (non-hydrogen) atoms. The summed E-state index contributed by atoms with van der Waals surface area (Å²) >= 11 is 0. The van der Waals surface area contributed by atoms with Crippen LogP contribution in [-0.4, -0.2) is 12.4 Å². The molecule has 0 bridgehead atoms. The van der Waals surface area contributed by atoms with E-state index in [4.69, 9.17) is 10.7 Å². The molecule has 1 fully saturated rings. The van der Waals surface area contributed by atoms with Crippen LogP contribution in [0, 0.1) is 6.92 Å². The minimum atomic E-state index is 0.160. The summed E-state index contributed by atoms with van der Waals surface area (Å²) in [5, 5.41) is 0. The van der Waals surface area contributed by atoms with Gasteiger partial charge in [-0.2, -0.15) is 0 Å². The number of aliphatic imine (C=N–C) groups is 1. The lowest BCUT2D eigenvalue weighted by atomic mass is 9.69. The first kappa shape index (κ1) is 15.8. The first-order chi connectivity index (χ1) is 11.2. The van der Waals surface area contributed by atoms with Gasteiger partial charge in [-0.1, -0.05) is 73.9 Å². The van der Waals surface area contributed by atoms with E-state index in [1.54, 1.807) is 0 Å². The number of hydrogen-bond donors (Lipinski definition) is 1. The molecule has 1 aliphatic rings. The van der Waals surface area contributed by atoms with Crippen LogP contribution in [0.25, 0.3) is 0 Å². The van der Waals surface area contributed by atoms with Crippen molar-refractivity contribution in [2.75, 3.05) is 6.54 Å². The zero-order valence-corrected chi connectivity index (χ0v) is 14.0. The fourth-order valence-electron chi connectivity index (χ4n) is 3.74. The van der Waals surface area contributed by atoms with Gasteiger partial charge in [-0.25, -0.2) is 0 Å². The highest BCUT2D eigenvalue weighted by Gasteiger charge is 2.33. The van der Waals surface area contributed by atoms with Crippen molar-refractivity contribution in [3.05, 3.63) is 71.3 Å². The van der Waals surface area contributed by atoms with Gasteiger partial charge in [0.25, 0.3) is 0 Å². The van der Waals surface area contributed by atoms with E-state index in [-0.39, 0.29) is 5.41 Å². The van der Waals surface area contributed by atoms with Crippen LogP contribution in [0.1, 0.15) is 48.8 Å². The van der Waals surface area contributed by atoms with E-state index in [9.17, 15) is 0 Å². The lowest BCUT2D eigenvalue weighted by Gasteiger charge is -2.36. The summed E-state index contributed by atoms with van der Waals surface area (Å²) in [6, 6.07) is 19.1. The molecule has 0 atom stereocenters. The highest BCUT2D eigenvalue weighted by Crippen LogP contribution is 2.39. The van der Waals surface area contributed by atoms with Crippen molar-refractivity contribution >= 4 is 5.84 Å². The molecule has 2 aromatic carbocycles. The highest BCUT2D eigenvalue weighted by atomic mass is 14.9. The normalized spacial score (nSPS) is 17.9. The minimum Gasteiger partial charge on any atom is -0.383 e. The monoisotopic (exact) mass is 306 g/mol. The summed E-state index contributed by atoms with van der Waals surface area (Å²) in [4.78, 5) is 4.82. The Morgan fingerprint density at radius 1 is 0.957 bits per heavy atom. The lowest BCUT2D eigenvalue weighted by molar-refractivity contribution is 0.301. The van der Waals surface area contributed by atoms with Gasteiger partial charge in [-0.3, -0.25) is 4.99 Å². The van der Waals surface area contributed by atoms with Crippen molar-refractivity contribution in [2.24, 2.45) is 10.7 Å². The smallest absolute Gasteiger partial charge is 0.125 e. The highest BCUT2D eigenvalue weighted by molar-refractivity contribution is 5.98. The Labute approximate surface area is 139 Å². The minimum absolute atomic E-state index is 0.160. The zero-order valence-electron chi connectivity index (χ0n) is 14.0. The standard InChI is InChI=1S/C21H26N2/c1-17-10-6-7-13-19(17)20(22)23-16-21(14-8-3-9-15-21)18-11-4-2-5-12-18/h2,4-7,10-13H,3,8-9,14-16H2,1H3,(H2,22,23). The second-order valence-corrected chi connectivity index (χ2v) is 6.72. The summed E-state index contributed by atoms with van der Waals surface area (Å²) in [5.74, 6) is 0.670. The summed E-state index contributed by atoms with van der Waals surface area (Å²) < 4.78 is 0. The molecular formula is C21H26N2. The second-order valence-electron chi connectivity index (χ2n) is 6.72. The van der Waals surface area contributed by atoms with Crippen molar-refractivity contribution < 1.29 is 0 Å². The third-order valence-electron chi connectivity index (χ3n) is 5.17. The van der Waals surface area contributed by atoms with Gasteiger partial charge in [0.15, 0.2) is 0 Å². The molecule has 0 unspecified atom stereocenters. The van der Waals surface area contributed by atoms with Crippen molar-refractivity contribution in [1.29, 1.82) is 0 Å². The van der Waals surface area contributed by atoms with Gasteiger partial charge in [-0.15, -0.1) is 0 Å². The van der Waals surface area contributed by atoms with Crippen molar-refractivity contribution in [1.82, 2.24) is 0 Å². The van der Waals surface area contributed by atoms with E-state index in [0.29, 0.717) is 5.84 Å². The Bertz CT molecular complexity index is 667. The molecule has 2 N–H and O–H groups in total. The van der Waals surface area contributed by atoms with Gasteiger partial charge in [0.2, 0.25) is 0 Å². The van der Waals surface area contributed by atoms with E-state index in [2.05, 4.69) is 49.4 Å². The first-order valence-electron chi connectivity index (χ1n) is 8.63. The van der Waals surface area contributed by atoms with Crippen LogP contribution in [-0.2, 0) is 5.41 Å². The van der Waals surface area contributed by atoms with E-state index in [0.717, 1.165) is 12.1 Å². The van der Waals surface area contributed by atoms with E-state index >= 15 is 0 Å². The number of nitrogens with zero attached hydrogens (tertiary/aromatic N) is 1. The third kappa shape index (κ3) is 3.47. The Morgan fingerprint density at radius 3 is 2.30 bits per heavy atom. The molecule has 0 spiro atoms.